The van der Waals surface area contributed by atoms with Crippen LogP contribution in [0, 0.1) is 11.8 Å². The van der Waals surface area contributed by atoms with E-state index in [0.29, 0.717) is 11.3 Å². The number of hydrogen-bond donors (Lipinski definition) is 0. The van der Waals surface area contributed by atoms with E-state index in [1.54, 1.807) is 56.3 Å². The molecule has 0 radical (unpaired) electrons. The summed E-state index contributed by atoms with van der Waals surface area (Å²) in [5.74, 6) is -3.29. The quantitative estimate of drug-likeness (QED) is 0.398. The van der Waals surface area contributed by atoms with Gasteiger partial charge in [-0.15, -0.1) is 0 Å². The molecule has 0 spiro atoms. The highest BCUT2D eigenvalue weighted by Crippen LogP contribution is 2.52. The summed E-state index contributed by atoms with van der Waals surface area (Å²) in [5, 5.41) is 6.06. The Morgan fingerprint density at radius 3 is 2.24 bits per heavy atom. The lowest BCUT2D eigenvalue weighted by molar-refractivity contribution is -0.163. The Bertz CT molecular complexity index is 1240. The zero-order valence-corrected chi connectivity index (χ0v) is 19.4. The van der Waals surface area contributed by atoms with Gasteiger partial charge in [-0.2, -0.15) is 5.10 Å². The predicted molar refractivity (Wildman–Crippen MR) is 124 cm³/mol. The van der Waals surface area contributed by atoms with Crippen molar-refractivity contribution < 1.29 is 23.9 Å². The Morgan fingerprint density at radius 1 is 0.941 bits per heavy atom. The molecule has 8 nitrogen and oxygen atoms in total. The molecule has 5 rings (SSSR count). The van der Waals surface area contributed by atoms with Crippen LogP contribution in [-0.2, 0) is 19.1 Å². The number of rotatable bonds is 3. The number of hydrazone groups is 1. The third-order valence-corrected chi connectivity index (χ3v) is 6.47. The monoisotopic (exact) mass is 459 g/mol. The van der Waals surface area contributed by atoms with Gasteiger partial charge in [-0.3, -0.25) is 19.4 Å². The maximum atomic E-state index is 13.7. The average molecular weight is 460 g/mol. The summed E-state index contributed by atoms with van der Waals surface area (Å²) in [7, 11) is 0. The Hall–Kier alpha value is -3.81. The molecule has 3 aliphatic heterocycles. The molecule has 0 saturated carbocycles. The van der Waals surface area contributed by atoms with E-state index in [4.69, 9.17) is 4.74 Å². The van der Waals surface area contributed by atoms with Crippen molar-refractivity contribution in [1.82, 2.24) is 5.01 Å². The molecule has 2 fully saturated rings. The summed E-state index contributed by atoms with van der Waals surface area (Å²) in [6.45, 7) is 6.73. The Morgan fingerprint density at radius 2 is 1.59 bits per heavy atom. The van der Waals surface area contributed by atoms with Crippen LogP contribution in [0.5, 0.6) is 0 Å². The fourth-order valence-electron chi connectivity index (χ4n) is 5.10. The number of fused-ring (bicyclic) bond motifs is 5. The van der Waals surface area contributed by atoms with Gasteiger partial charge in [0.2, 0.25) is 11.8 Å². The minimum Gasteiger partial charge on any atom is -0.458 e. The SMILES string of the molecule is CC(=O)c1ccc(N2C(=O)[C@@H]3[C@H](C2=O)[C@H](C(=O)OC(C)(C)C)N2N=Cc4ccccc4[C@@H]32)cc1. The van der Waals surface area contributed by atoms with Gasteiger partial charge in [-0.05, 0) is 63.1 Å². The van der Waals surface area contributed by atoms with E-state index in [0.717, 1.165) is 16.0 Å². The van der Waals surface area contributed by atoms with Crippen LogP contribution in [0.2, 0.25) is 0 Å². The van der Waals surface area contributed by atoms with Gasteiger partial charge in [-0.1, -0.05) is 24.3 Å². The van der Waals surface area contributed by atoms with Crippen LogP contribution >= 0.6 is 0 Å². The fourth-order valence-corrected chi connectivity index (χ4v) is 5.10. The number of ketones is 1. The van der Waals surface area contributed by atoms with Gasteiger partial charge in [0.15, 0.2) is 11.8 Å². The minimum absolute atomic E-state index is 0.111. The first-order chi connectivity index (χ1) is 16.1. The molecule has 3 aliphatic rings. The van der Waals surface area contributed by atoms with Gasteiger partial charge in [0, 0.05) is 5.56 Å². The Labute approximate surface area is 197 Å². The smallest absolute Gasteiger partial charge is 0.331 e. The van der Waals surface area contributed by atoms with Crippen LogP contribution in [0.4, 0.5) is 5.69 Å². The first-order valence-electron chi connectivity index (χ1n) is 11.2. The standard InChI is InChI=1S/C26H25N3O5/c1-14(30)15-9-11-17(12-10-15)28-23(31)19-20(24(28)32)22(25(33)34-26(2,3)4)29-21(19)18-8-6-5-7-16(18)13-27-29/h5-13,19-22H,1-4H3/t19-,20+,21+,22-/m1/s1. The molecule has 2 aromatic carbocycles. The van der Waals surface area contributed by atoms with Crippen molar-refractivity contribution in [3.63, 3.8) is 0 Å². The summed E-state index contributed by atoms with van der Waals surface area (Å²) in [6, 6.07) is 12.3. The number of imide groups is 1. The number of benzene rings is 2. The normalized spacial score (nSPS) is 25.2. The van der Waals surface area contributed by atoms with E-state index < -0.39 is 47.3 Å². The van der Waals surface area contributed by atoms with Crippen molar-refractivity contribution in [3.8, 4) is 0 Å². The fraction of sp³-hybridized carbons (Fsp3) is 0.346. The number of nitrogens with zero attached hydrogens (tertiary/aromatic N) is 3. The van der Waals surface area contributed by atoms with Gasteiger partial charge in [0.25, 0.3) is 0 Å². The number of carbonyl (C=O) groups is 4. The number of Topliss-reactive ketones (excluding diaryl/α,β-unsaturated/α-hetero) is 1. The molecule has 3 heterocycles. The Balaban J connectivity index is 1.60. The summed E-state index contributed by atoms with van der Waals surface area (Å²) in [5.41, 5.74) is 1.77. The average Bonchev–Trinajstić information content (AvgIpc) is 3.25. The Kier molecular flexibility index (Phi) is 4.93. The summed E-state index contributed by atoms with van der Waals surface area (Å²) in [6.07, 6.45) is 1.65. The van der Waals surface area contributed by atoms with Crippen LogP contribution in [0.25, 0.3) is 0 Å². The van der Waals surface area contributed by atoms with Crippen molar-refractivity contribution in [3.05, 3.63) is 65.2 Å². The van der Waals surface area contributed by atoms with Crippen LogP contribution < -0.4 is 4.90 Å². The lowest BCUT2D eigenvalue weighted by Gasteiger charge is -2.34. The van der Waals surface area contributed by atoms with Crippen LogP contribution in [0.3, 0.4) is 0 Å². The van der Waals surface area contributed by atoms with Gasteiger partial charge in [0.1, 0.15) is 5.60 Å². The molecule has 0 N–H and O–H groups in total. The molecule has 2 saturated heterocycles. The zero-order chi connectivity index (χ0) is 24.4. The molecule has 0 aromatic heterocycles. The number of ether oxygens (including phenoxy) is 1. The number of esters is 1. The highest BCUT2D eigenvalue weighted by Gasteiger charge is 2.66. The van der Waals surface area contributed by atoms with Crippen molar-refractivity contribution in [2.24, 2.45) is 16.9 Å². The molecule has 2 amide bonds. The van der Waals surface area contributed by atoms with E-state index in [1.165, 1.54) is 6.92 Å². The number of amides is 2. The number of carbonyl (C=O) groups excluding carboxylic acids is 4. The molecular formula is C26H25N3O5. The first kappa shape index (κ1) is 22.0. The minimum atomic E-state index is -1.03. The van der Waals surface area contributed by atoms with Crippen molar-refractivity contribution in [2.75, 3.05) is 4.90 Å². The first-order valence-corrected chi connectivity index (χ1v) is 11.2. The van der Waals surface area contributed by atoms with Crippen molar-refractivity contribution in [1.29, 1.82) is 0 Å². The lowest BCUT2D eigenvalue weighted by atomic mass is 9.85. The molecule has 2 aromatic rings. The third kappa shape index (κ3) is 3.32. The van der Waals surface area contributed by atoms with E-state index in [-0.39, 0.29) is 5.78 Å². The van der Waals surface area contributed by atoms with Crippen molar-refractivity contribution in [2.45, 2.75) is 45.4 Å². The van der Waals surface area contributed by atoms with Crippen LogP contribution in [-0.4, -0.2) is 46.4 Å². The van der Waals surface area contributed by atoms with Crippen LogP contribution in [0.1, 0.15) is 55.2 Å². The molecule has 0 bridgehead atoms. The lowest BCUT2D eigenvalue weighted by Crippen LogP contribution is -2.46. The second kappa shape index (κ2) is 7.62. The maximum absolute atomic E-state index is 13.7. The second-order valence-corrected chi connectivity index (χ2v) is 9.84. The molecule has 0 unspecified atom stereocenters. The highest BCUT2D eigenvalue weighted by atomic mass is 16.6. The van der Waals surface area contributed by atoms with E-state index in [9.17, 15) is 19.2 Å². The van der Waals surface area contributed by atoms with Crippen molar-refractivity contribution >= 4 is 35.5 Å². The summed E-state index contributed by atoms with van der Waals surface area (Å²) >= 11 is 0. The molecule has 8 heteroatoms. The molecule has 4 atom stereocenters. The number of anilines is 1. The highest BCUT2D eigenvalue weighted by molar-refractivity contribution is 6.24. The van der Waals surface area contributed by atoms with Gasteiger partial charge >= 0.3 is 5.97 Å². The maximum Gasteiger partial charge on any atom is 0.331 e. The van der Waals surface area contributed by atoms with E-state index in [2.05, 4.69) is 5.10 Å². The predicted octanol–water partition coefficient (Wildman–Crippen LogP) is 3.11. The van der Waals surface area contributed by atoms with Crippen LogP contribution in [0.15, 0.2) is 53.6 Å². The summed E-state index contributed by atoms with van der Waals surface area (Å²) < 4.78 is 5.66. The summed E-state index contributed by atoms with van der Waals surface area (Å²) in [4.78, 5) is 53.6. The third-order valence-electron chi connectivity index (χ3n) is 6.47. The molecule has 0 aliphatic carbocycles. The molecule has 34 heavy (non-hydrogen) atoms. The van der Waals surface area contributed by atoms with Gasteiger partial charge in [0.05, 0.1) is 29.8 Å². The molecular weight excluding hydrogens is 434 g/mol. The number of hydrogen-bond acceptors (Lipinski definition) is 7. The molecule has 174 valence electrons. The van der Waals surface area contributed by atoms with E-state index in [1.807, 2.05) is 24.3 Å². The van der Waals surface area contributed by atoms with Gasteiger partial charge < -0.3 is 4.74 Å². The van der Waals surface area contributed by atoms with E-state index >= 15 is 0 Å². The largest absolute Gasteiger partial charge is 0.458 e. The second-order valence-electron chi connectivity index (χ2n) is 9.84. The zero-order valence-electron chi connectivity index (χ0n) is 19.4. The van der Waals surface area contributed by atoms with Gasteiger partial charge in [-0.25, -0.2) is 9.69 Å². The topological polar surface area (TPSA) is 96.4 Å².